The summed E-state index contributed by atoms with van der Waals surface area (Å²) in [4.78, 5) is 21.7. The maximum atomic E-state index is 11.2. The Balaban J connectivity index is 2.73. The highest BCUT2D eigenvalue weighted by Crippen LogP contribution is 2.28. The summed E-state index contributed by atoms with van der Waals surface area (Å²) in [6.07, 6.45) is 0. The van der Waals surface area contributed by atoms with Gasteiger partial charge in [0.25, 0.3) is 5.69 Å². The molecule has 2 rings (SSSR count). The molecule has 0 amide bonds. The maximum absolute atomic E-state index is 11.2. The van der Waals surface area contributed by atoms with Crippen LogP contribution in [-0.4, -0.2) is 20.6 Å². The fraction of sp³-hybridized carbons (Fsp3) is 0.214. The number of nitro benzene ring substituents is 1. The zero-order valence-electron chi connectivity index (χ0n) is 11.4. The highest BCUT2D eigenvalue weighted by molar-refractivity contribution is 5.89. The van der Waals surface area contributed by atoms with Crippen LogP contribution in [0.4, 0.5) is 5.69 Å². The van der Waals surface area contributed by atoms with Gasteiger partial charge >= 0.3 is 5.97 Å². The average Bonchev–Trinajstić information content (AvgIpc) is 2.65. The van der Waals surface area contributed by atoms with Crippen molar-refractivity contribution in [1.82, 2.24) is 4.57 Å². The van der Waals surface area contributed by atoms with E-state index in [1.807, 2.05) is 0 Å². The molecule has 0 fully saturated rings. The van der Waals surface area contributed by atoms with Gasteiger partial charge in [-0.25, -0.2) is 4.79 Å². The number of carboxylic acid groups (broad SMARTS) is 1. The molecule has 0 saturated heterocycles. The fourth-order valence-electron chi connectivity index (χ4n) is 2.40. The summed E-state index contributed by atoms with van der Waals surface area (Å²) in [7, 11) is 0. The summed E-state index contributed by atoms with van der Waals surface area (Å²) in [6, 6.07) is 6.34. The molecule has 1 aromatic heterocycles. The number of nitrogens with zero attached hydrogens (tertiary/aromatic N) is 2. The minimum Gasteiger partial charge on any atom is -0.478 e. The SMILES string of the molecule is Cc1c(-n2c(C)cc(C(=O)O)c2C)cccc1[N+](=O)[O-]. The molecule has 1 aromatic carbocycles. The fourth-order valence-corrected chi connectivity index (χ4v) is 2.40. The number of hydrogen-bond donors (Lipinski definition) is 1. The number of aryl methyl sites for hydroxylation is 1. The van der Waals surface area contributed by atoms with Gasteiger partial charge in [0.05, 0.1) is 21.7 Å². The highest BCUT2D eigenvalue weighted by Gasteiger charge is 2.20. The van der Waals surface area contributed by atoms with Crippen molar-refractivity contribution < 1.29 is 14.8 Å². The monoisotopic (exact) mass is 274 g/mol. The van der Waals surface area contributed by atoms with E-state index in [9.17, 15) is 14.9 Å². The molecule has 2 aromatic rings. The van der Waals surface area contributed by atoms with Crippen molar-refractivity contribution >= 4 is 11.7 Å². The van der Waals surface area contributed by atoms with E-state index in [4.69, 9.17) is 5.11 Å². The highest BCUT2D eigenvalue weighted by atomic mass is 16.6. The van der Waals surface area contributed by atoms with Crippen LogP contribution in [0.5, 0.6) is 0 Å². The molecular weight excluding hydrogens is 260 g/mol. The molecule has 0 radical (unpaired) electrons. The Hall–Kier alpha value is -2.63. The Bertz CT molecular complexity index is 716. The maximum Gasteiger partial charge on any atom is 0.337 e. The smallest absolute Gasteiger partial charge is 0.337 e. The van der Waals surface area contributed by atoms with Crippen molar-refractivity contribution in [3.63, 3.8) is 0 Å². The van der Waals surface area contributed by atoms with E-state index in [-0.39, 0.29) is 11.3 Å². The lowest BCUT2D eigenvalue weighted by atomic mass is 10.1. The Morgan fingerprint density at radius 3 is 2.45 bits per heavy atom. The second-order valence-electron chi connectivity index (χ2n) is 4.60. The predicted octanol–water partition coefficient (Wildman–Crippen LogP) is 3.01. The summed E-state index contributed by atoms with van der Waals surface area (Å²) in [6.45, 7) is 5.12. The zero-order valence-corrected chi connectivity index (χ0v) is 11.4. The number of carbonyl (C=O) groups is 1. The van der Waals surface area contributed by atoms with Crippen LogP contribution in [0.2, 0.25) is 0 Å². The number of benzene rings is 1. The third kappa shape index (κ3) is 2.05. The normalized spacial score (nSPS) is 10.6. The van der Waals surface area contributed by atoms with Crippen LogP contribution < -0.4 is 0 Å². The zero-order chi connectivity index (χ0) is 15.0. The summed E-state index contributed by atoms with van der Waals surface area (Å²) in [5.41, 5.74) is 2.64. The predicted molar refractivity (Wildman–Crippen MR) is 73.6 cm³/mol. The Labute approximate surface area is 115 Å². The van der Waals surface area contributed by atoms with Gasteiger partial charge in [0.2, 0.25) is 0 Å². The van der Waals surface area contributed by atoms with Crippen molar-refractivity contribution in [2.45, 2.75) is 20.8 Å². The quantitative estimate of drug-likeness (QED) is 0.688. The number of hydrogen-bond acceptors (Lipinski definition) is 3. The van der Waals surface area contributed by atoms with E-state index < -0.39 is 10.9 Å². The second-order valence-corrected chi connectivity index (χ2v) is 4.60. The molecule has 0 aliphatic rings. The molecular formula is C14H14N2O4. The third-order valence-corrected chi connectivity index (χ3v) is 3.38. The van der Waals surface area contributed by atoms with Gasteiger partial charge in [-0.05, 0) is 32.9 Å². The number of carboxylic acids is 1. The molecule has 0 unspecified atom stereocenters. The van der Waals surface area contributed by atoms with Gasteiger partial charge in [0, 0.05) is 17.5 Å². The van der Waals surface area contributed by atoms with Crippen molar-refractivity contribution in [1.29, 1.82) is 0 Å². The van der Waals surface area contributed by atoms with Gasteiger partial charge in [-0.3, -0.25) is 10.1 Å². The third-order valence-electron chi connectivity index (χ3n) is 3.38. The molecule has 6 heteroatoms. The first kappa shape index (κ1) is 13.8. The summed E-state index contributed by atoms with van der Waals surface area (Å²) < 4.78 is 1.73. The van der Waals surface area contributed by atoms with Crippen LogP contribution in [0.1, 0.15) is 27.3 Å². The molecule has 0 saturated carbocycles. The topological polar surface area (TPSA) is 85.4 Å². The molecule has 104 valence electrons. The van der Waals surface area contributed by atoms with Gasteiger partial charge in [-0.15, -0.1) is 0 Å². The number of nitro groups is 1. The van der Waals surface area contributed by atoms with Gasteiger partial charge in [-0.1, -0.05) is 6.07 Å². The van der Waals surface area contributed by atoms with E-state index in [1.165, 1.54) is 6.07 Å². The second kappa shape index (κ2) is 4.80. The molecule has 1 N–H and O–H groups in total. The lowest BCUT2D eigenvalue weighted by molar-refractivity contribution is -0.385. The first-order valence-corrected chi connectivity index (χ1v) is 6.01. The number of rotatable bonds is 3. The molecule has 1 heterocycles. The largest absolute Gasteiger partial charge is 0.478 e. The van der Waals surface area contributed by atoms with E-state index in [2.05, 4.69) is 0 Å². The average molecular weight is 274 g/mol. The van der Waals surface area contributed by atoms with Crippen LogP contribution in [0.25, 0.3) is 5.69 Å². The lowest BCUT2D eigenvalue weighted by Crippen LogP contribution is -2.05. The number of aromatic carboxylic acids is 1. The molecule has 0 bridgehead atoms. The van der Waals surface area contributed by atoms with Crippen LogP contribution in [0, 0.1) is 30.9 Å². The number of aromatic nitrogens is 1. The van der Waals surface area contributed by atoms with Crippen molar-refractivity contribution in [3.8, 4) is 5.69 Å². The Morgan fingerprint density at radius 1 is 1.30 bits per heavy atom. The molecule has 0 aliphatic heterocycles. The lowest BCUT2D eigenvalue weighted by Gasteiger charge is -2.12. The van der Waals surface area contributed by atoms with Crippen LogP contribution in [-0.2, 0) is 0 Å². The van der Waals surface area contributed by atoms with Crippen LogP contribution in [0.3, 0.4) is 0 Å². The van der Waals surface area contributed by atoms with E-state index in [0.29, 0.717) is 16.9 Å². The van der Waals surface area contributed by atoms with Gasteiger partial charge in [0.15, 0.2) is 0 Å². The van der Waals surface area contributed by atoms with Crippen molar-refractivity contribution in [2.24, 2.45) is 0 Å². The van der Waals surface area contributed by atoms with Gasteiger partial charge < -0.3 is 9.67 Å². The molecule has 6 nitrogen and oxygen atoms in total. The van der Waals surface area contributed by atoms with E-state index >= 15 is 0 Å². The van der Waals surface area contributed by atoms with Crippen LogP contribution >= 0.6 is 0 Å². The molecule has 0 aliphatic carbocycles. The van der Waals surface area contributed by atoms with Gasteiger partial charge in [-0.2, -0.15) is 0 Å². The minimum absolute atomic E-state index is 0.0203. The first-order chi connectivity index (χ1) is 9.34. The summed E-state index contributed by atoms with van der Waals surface area (Å²) in [5, 5.41) is 20.1. The molecule has 0 atom stereocenters. The standard InChI is InChI=1S/C14H14N2O4/c1-8-7-11(14(17)18)10(3)15(8)12-5-4-6-13(9(12)2)16(19)20/h4-7H,1-3H3,(H,17,18). The Kier molecular flexibility index (Phi) is 3.31. The van der Waals surface area contributed by atoms with E-state index in [1.54, 1.807) is 43.5 Å². The molecule has 20 heavy (non-hydrogen) atoms. The summed E-state index contributed by atoms with van der Waals surface area (Å²) in [5.74, 6) is -1.01. The molecule has 0 spiro atoms. The van der Waals surface area contributed by atoms with Crippen molar-refractivity contribution in [3.05, 3.63) is 56.9 Å². The van der Waals surface area contributed by atoms with Crippen LogP contribution in [0.15, 0.2) is 24.3 Å². The van der Waals surface area contributed by atoms with Gasteiger partial charge in [0.1, 0.15) is 0 Å². The van der Waals surface area contributed by atoms with Crippen molar-refractivity contribution in [2.75, 3.05) is 0 Å². The summed E-state index contributed by atoms with van der Waals surface area (Å²) >= 11 is 0. The van der Waals surface area contributed by atoms with E-state index in [0.717, 1.165) is 5.69 Å². The minimum atomic E-state index is -1.01. The Morgan fingerprint density at radius 2 is 1.95 bits per heavy atom. The first-order valence-electron chi connectivity index (χ1n) is 6.01.